The van der Waals surface area contributed by atoms with Crippen molar-refractivity contribution in [2.75, 3.05) is 41.8 Å². The van der Waals surface area contributed by atoms with E-state index in [2.05, 4.69) is 38.8 Å². The number of hydrogen-bond donors (Lipinski definition) is 2. The highest BCUT2D eigenvalue weighted by molar-refractivity contribution is 5.89. The van der Waals surface area contributed by atoms with E-state index >= 15 is 0 Å². The van der Waals surface area contributed by atoms with E-state index in [4.69, 9.17) is 14.7 Å². The molecule has 5 rings (SSSR count). The molecule has 2 N–H and O–H groups in total. The number of hydrogen-bond acceptors (Lipinski definition) is 7. The van der Waals surface area contributed by atoms with E-state index in [-0.39, 0.29) is 5.91 Å². The van der Waals surface area contributed by atoms with E-state index in [1.54, 1.807) is 0 Å². The molecule has 1 saturated heterocycles. The van der Waals surface area contributed by atoms with Crippen molar-refractivity contribution in [2.45, 2.75) is 6.92 Å². The van der Waals surface area contributed by atoms with Gasteiger partial charge in [0.25, 0.3) is 0 Å². The highest BCUT2D eigenvalue weighted by Crippen LogP contribution is 2.28. The molecule has 0 aliphatic carbocycles. The summed E-state index contributed by atoms with van der Waals surface area (Å²) >= 11 is 0. The van der Waals surface area contributed by atoms with Crippen LogP contribution in [-0.2, 0) is 16.6 Å². The van der Waals surface area contributed by atoms with Gasteiger partial charge in [0.2, 0.25) is 11.9 Å². The number of nitrogens with one attached hydrogen (secondary N) is 2. The molecule has 0 saturated carbocycles. The van der Waals surface area contributed by atoms with Crippen LogP contribution in [-0.4, -0.2) is 52.0 Å². The fourth-order valence-corrected chi connectivity index (χ4v) is 3.84. The van der Waals surface area contributed by atoms with E-state index < -0.39 is 0 Å². The maximum absolute atomic E-state index is 11.3. The SMILES string of the molecule is CC(=O)Nc1ccc(Nc2cc(-c3ccc4cnn(C)c4c3)nc(N3CCOCC3)n2)cc1. The molecule has 168 valence electrons. The van der Waals surface area contributed by atoms with Gasteiger partial charge in [0.05, 0.1) is 30.6 Å². The molecule has 0 bridgehead atoms. The van der Waals surface area contributed by atoms with Gasteiger partial charge in [-0.25, -0.2) is 4.98 Å². The maximum atomic E-state index is 11.3. The van der Waals surface area contributed by atoms with Crippen molar-refractivity contribution in [1.29, 1.82) is 0 Å². The molecule has 4 aromatic rings. The summed E-state index contributed by atoms with van der Waals surface area (Å²) in [4.78, 5) is 23.1. The largest absolute Gasteiger partial charge is 0.378 e. The number of morpholine rings is 1. The first kappa shape index (κ1) is 20.9. The number of aryl methyl sites for hydroxylation is 1. The Morgan fingerprint density at radius 1 is 1.00 bits per heavy atom. The lowest BCUT2D eigenvalue weighted by atomic mass is 10.1. The van der Waals surface area contributed by atoms with Gasteiger partial charge in [0.1, 0.15) is 5.82 Å². The minimum atomic E-state index is -0.100. The summed E-state index contributed by atoms with van der Waals surface area (Å²) < 4.78 is 7.36. The van der Waals surface area contributed by atoms with Gasteiger partial charge < -0.3 is 20.3 Å². The Morgan fingerprint density at radius 2 is 1.76 bits per heavy atom. The Balaban J connectivity index is 1.50. The summed E-state index contributed by atoms with van der Waals surface area (Å²) in [6, 6.07) is 15.7. The molecule has 1 fully saturated rings. The molecule has 0 radical (unpaired) electrons. The van der Waals surface area contributed by atoms with Gasteiger partial charge in [-0.1, -0.05) is 12.1 Å². The van der Waals surface area contributed by atoms with Crippen LogP contribution in [0.4, 0.5) is 23.1 Å². The normalized spacial score (nSPS) is 13.8. The third kappa shape index (κ3) is 4.63. The van der Waals surface area contributed by atoms with Crippen molar-refractivity contribution < 1.29 is 9.53 Å². The van der Waals surface area contributed by atoms with Crippen molar-refractivity contribution in [3.05, 3.63) is 54.7 Å². The van der Waals surface area contributed by atoms with Crippen molar-refractivity contribution in [3.63, 3.8) is 0 Å². The molecule has 2 aromatic heterocycles. The fraction of sp³-hybridized carbons (Fsp3) is 0.250. The third-order valence-electron chi connectivity index (χ3n) is 5.53. The molecule has 9 nitrogen and oxygen atoms in total. The van der Waals surface area contributed by atoms with Gasteiger partial charge in [0, 0.05) is 55.5 Å². The Hall–Kier alpha value is -3.98. The van der Waals surface area contributed by atoms with Gasteiger partial charge in [-0.2, -0.15) is 10.1 Å². The number of benzene rings is 2. The summed E-state index contributed by atoms with van der Waals surface area (Å²) in [5.74, 6) is 1.26. The molecule has 33 heavy (non-hydrogen) atoms. The Morgan fingerprint density at radius 3 is 2.52 bits per heavy atom. The van der Waals surface area contributed by atoms with Crippen LogP contribution in [0.5, 0.6) is 0 Å². The van der Waals surface area contributed by atoms with Gasteiger partial charge in [-0.15, -0.1) is 0 Å². The first-order valence-electron chi connectivity index (χ1n) is 10.8. The molecule has 0 atom stereocenters. The first-order valence-corrected chi connectivity index (χ1v) is 10.8. The van der Waals surface area contributed by atoms with Crippen LogP contribution in [0.25, 0.3) is 22.2 Å². The molecule has 0 unspecified atom stereocenters. The highest BCUT2D eigenvalue weighted by atomic mass is 16.5. The summed E-state index contributed by atoms with van der Waals surface area (Å²) in [5.41, 5.74) is 4.47. The average Bonchev–Trinajstić information content (AvgIpc) is 3.20. The number of rotatable bonds is 5. The minimum Gasteiger partial charge on any atom is -0.378 e. The number of carbonyl (C=O) groups excluding carboxylic acids is 1. The molecule has 0 spiro atoms. The second-order valence-electron chi connectivity index (χ2n) is 7.96. The zero-order valence-electron chi connectivity index (χ0n) is 18.6. The number of amides is 1. The molecule has 1 aliphatic rings. The van der Waals surface area contributed by atoms with Crippen LogP contribution in [0, 0.1) is 0 Å². The zero-order chi connectivity index (χ0) is 22.8. The maximum Gasteiger partial charge on any atom is 0.228 e. The molecular weight excluding hydrogens is 418 g/mol. The minimum absolute atomic E-state index is 0.100. The summed E-state index contributed by atoms with van der Waals surface area (Å²) in [6.45, 7) is 4.29. The van der Waals surface area contributed by atoms with Crippen LogP contribution in [0.1, 0.15) is 6.92 Å². The molecule has 2 aromatic carbocycles. The quantitative estimate of drug-likeness (QED) is 0.487. The van der Waals surface area contributed by atoms with Crippen molar-refractivity contribution in [1.82, 2.24) is 19.7 Å². The molecular formula is C24H25N7O2. The molecule has 3 heterocycles. The first-order chi connectivity index (χ1) is 16.0. The van der Waals surface area contributed by atoms with Gasteiger partial charge >= 0.3 is 0 Å². The lowest BCUT2D eigenvalue weighted by Gasteiger charge is -2.27. The van der Waals surface area contributed by atoms with E-state index in [0.29, 0.717) is 25.0 Å². The van der Waals surface area contributed by atoms with E-state index in [9.17, 15) is 4.79 Å². The monoisotopic (exact) mass is 443 g/mol. The number of fused-ring (bicyclic) bond motifs is 1. The highest BCUT2D eigenvalue weighted by Gasteiger charge is 2.17. The van der Waals surface area contributed by atoms with Crippen LogP contribution < -0.4 is 15.5 Å². The van der Waals surface area contributed by atoms with Crippen LogP contribution in [0.3, 0.4) is 0 Å². The topological polar surface area (TPSA) is 97.2 Å². The predicted molar refractivity (Wildman–Crippen MR) is 129 cm³/mol. The summed E-state index contributed by atoms with van der Waals surface area (Å²) in [7, 11) is 1.93. The van der Waals surface area contributed by atoms with E-state index in [1.807, 2.05) is 48.3 Å². The van der Waals surface area contributed by atoms with Gasteiger partial charge in [-0.3, -0.25) is 9.48 Å². The number of nitrogens with zero attached hydrogens (tertiary/aromatic N) is 5. The standard InChI is InChI=1S/C24H25N7O2/c1-16(32)26-19-5-7-20(8-6-19)27-23-14-21(28-24(29-23)31-9-11-33-12-10-31)17-3-4-18-15-25-30(2)22(18)13-17/h3-8,13-15H,9-12H2,1-2H3,(H,26,32)(H,27,28,29). The summed E-state index contributed by atoms with van der Waals surface area (Å²) in [5, 5.41) is 11.6. The van der Waals surface area contributed by atoms with E-state index in [0.717, 1.165) is 46.6 Å². The smallest absolute Gasteiger partial charge is 0.228 e. The Bertz CT molecular complexity index is 1290. The number of aromatic nitrogens is 4. The fourth-order valence-electron chi connectivity index (χ4n) is 3.84. The van der Waals surface area contributed by atoms with Gasteiger partial charge in [-0.05, 0) is 30.3 Å². The van der Waals surface area contributed by atoms with Crippen molar-refractivity contribution in [3.8, 4) is 11.3 Å². The number of ether oxygens (including phenoxy) is 1. The van der Waals surface area contributed by atoms with E-state index in [1.165, 1.54) is 6.92 Å². The van der Waals surface area contributed by atoms with Crippen molar-refractivity contribution in [2.24, 2.45) is 7.05 Å². The molecule has 1 amide bonds. The van der Waals surface area contributed by atoms with Crippen molar-refractivity contribution >= 4 is 40.0 Å². The number of anilines is 4. The Labute approximate surface area is 191 Å². The lowest BCUT2D eigenvalue weighted by molar-refractivity contribution is -0.114. The Kier molecular flexibility index (Phi) is 5.62. The molecule has 1 aliphatic heterocycles. The zero-order valence-corrected chi connectivity index (χ0v) is 18.6. The second kappa shape index (κ2) is 8.87. The van der Waals surface area contributed by atoms with Crippen LogP contribution in [0.2, 0.25) is 0 Å². The molecule has 9 heteroatoms. The third-order valence-corrected chi connectivity index (χ3v) is 5.53. The second-order valence-corrected chi connectivity index (χ2v) is 7.96. The van der Waals surface area contributed by atoms with Gasteiger partial charge in [0.15, 0.2) is 0 Å². The predicted octanol–water partition coefficient (Wildman–Crippen LogP) is 3.57. The van der Waals surface area contributed by atoms with Crippen LogP contribution >= 0.6 is 0 Å². The summed E-state index contributed by atoms with van der Waals surface area (Å²) in [6.07, 6.45) is 1.86. The number of carbonyl (C=O) groups is 1. The van der Waals surface area contributed by atoms with Crippen LogP contribution in [0.15, 0.2) is 54.7 Å². The lowest BCUT2D eigenvalue weighted by Crippen LogP contribution is -2.37. The average molecular weight is 444 g/mol.